The van der Waals surface area contributed by atoms with E-state index in [0.29, 0.717) is 49.1 Å². The number of allylic oxidation sites excluding steroid dienone is 1. The zero-order chi connectivity index (χ0) is 28.8. The molecule has 0 aliphatic carbocycles. The fourth-order valence-electron chi connectivity index (χ4n) is 4.07. The Morgan fingerprint density at radius 3 is 2.67 bits per heavy atom. The smallest absolute Gasteiger partial charge is 0.258 e. The number of rotatable bonds is 8. The summed E-state index contributed by atoms with van der Waals surface area (Å²) < 4.78 is 33.4. The number of amides is 2. The summed E-state index contributed by atoms with van der Waals surface area (Å²) in [5.41, 5.74) is 1.39. The van der Waals surface area contributed by atoms with Crippen LogP contribution in [0, 0.1) is 11.6 Å². The van der Waals surface area contributed by atoms with Crippen molar-refractivity contribution in [3.63, 3.8) is 0 Å². The lowest BCUT2D eigenvalue weighted by Gasteiger charge is -2.29. The van der Waals surface area contributed by atoms with E-state index in [2.05, 4.69) is 34.1 Å². The molecule has 2 aliphatic rings. The van der Waals surface area contributed by atoms with Gasteiger partial charge >= 0.3 is 0 Å². The first kappa shape index (κ1) is 28.7. The lowest BCUT2D eigenvalue weighted by molar-refractivity contribution is -0.116. The molecule has 11 heteroatoms. The van der Waals surface area contributed by atoms with Crippen LogP contribution in [0.15, 0.2) is 89.4 Å². The number of halogens is 3. The van der Waals surface area contributed by atoms with Crippen LogP contribution in [0.5, 0.6) is 0 Å². The lowest BCUT2D eigenvalue weighted by atomic mass is 10.0. The van der Waals surface area contributed by atoms with Crippen molar-refractivity contribution in [3.05, 3.63) is 112 Å². The van der Waals surface area contributed by atoms with Crippen LogP contribution in [-0.2, 0) is 16.1 Å². The van der Waals surface area contributed by atoms with E-state index >= 15 is 0 Å². The van der Waals surface area contributed by atoms with Crippen LogP contribution in [0.2, 0.25) is 5.02 Å². The van der Waals surface area contributed by atoms with Gasteiger partial charge in [0.05, 0.1) is 35.1 Å². The van der Waals surface area contributed by atoms with Gasteiger partial charge in [0.2, 0.25) is 0 Å². The number of hydrogen-bond acceptors (Lipinski definition) is 6. The maximum Gasteiger partial charge on any atom is 0.258 e. The molecule has 2 aliphatic heterocycles. The zero-order valence-electron chi connectivity index (χ0n) is 21.8. The molecule has 0 spiro atoms. The van der Waals surface area contributed by atoms with Crippen molar-refractivity contribution in [1.29, 1.82) is 0 Å². The van der Waals surface area contributed by atoms with Gasteiger partial charge in [0, 0.05) is 30.9 Å². The van der Waals surface area contributed by atoms with Gasteiger partial charge in [-0.3, -0.25) is 9.59 Å². The number of ether oxygens (including phenoxy) is 1. The van der Waals surface area contributed by atoms with Crippen molar-refractivity contribution in [2.45, 2.75) is 13.5 Å². The van der Waals surface area contributed by atoms with E-state index in [1.54, 1.807) is 25.1 Å². The maximum atomic E-state index is 14.6. The van der Waals surface area contributed by atoms with Gasteiger partial charge in [-0.1, -0.05) is 43.0 Å². The molecular weight excluding hydrogens is 540 g/mol. The average molecular weight is 568 g/mol. The molecule has 0 atom stereocenters. The Morgan fingerprint density at radius 2 is 1.98 bits per heavy atom. The van der Waals surface area contributed by atoms with Crippen molar-refractivity contribution in [3.8, 4) is 0 Å². The summed E-state index contributed by atoms with van der Waals surface area (Å²) in [6, 6.07) is 7.91. The van der Waals surface area contributed by atoms with E-state index in [1.807, 2.05) is 4.90 Å². The highest BCUT2D eigenvalue weighted by molar-refractivity contribution is 6.33. The first-order chi connectivity index (χ1) is 19.2. The van der Waals surface area contributed by atoms with Gasteiger partial charge in [-0.15, -0.1) is 0 Å². The standard InChI is InChI=1S/C29H28ClF2N5O3/c1-4-20-13-22(29(39)36-27(20)35-18(3)37-8-10-40-11-9-37)17(2)34-26-14-23(25(32)15-24(26)30)28(38)33-16-19-6-5-7-21(31)12-19/h4-7,12-15,34H,2-3,8-11,16H2,1H3,(H,33,38)(H,35,36,39)/b20-4-. The molecule has 2 aromatic carbocycles. The number of benzene rings is 2. The Hall–Kier alpha value is -4.28. The van der Waals surface area contributed by atoms with E-state index in [1.165, 1.54) is 24.3 Å². The van der Waals surface area contributed by atoms with Crippen molar-refractivity contribution in [2.24, 2.45) is 4.99 Å². The molecule has 8 nitrogen and oxygen atoms in total. The number of nitrogens with zero attached hydrogens (tertiary/aromatic N) is 2. The number of carbonyl (C=O) groups excluding carboxylic acids is 2. The van der Waals surface area contributed by atoms with E-state index < -0.39 is 23.4 Å². The summed E-state index contributed by atoms with van der Waals surface area (Å²) in [4.78, 5) is 32.2. The number of carbonyl (C=O) groups is 2. The molecule has 0 saturated carbocycles. The zero-order valence-corrected chi connectivity index (χ0v) is 22.6. The fourth-order valence-corrected chi connectivity index (χ4v) is 4.27. The minimum absolute atomic E-state index is 0.00480. The van der Waals surface area contributed by atoms with Crippen LogP contribution in [0.4, 0.5) is 14.5 Å². The topological polar surface area (TPSA) is 95.1 Å². The summed E-state index contributed by atoms with van der Waals surface area (Å²) in [5.74, 6) is -1.63. The van der Waals surface area contributed by atoms with Crippen LogP contribution in [0.3, 0.4) is 0 Å². The number of hydrogen-bond donors (Lipinski definition) is 3. The molecule has 40 heavy (non-hydrogen) atoms. The Bertz CT molecular complexity index is 1460. The SMILES string of the molecule is C=C(Nc1cc(C(=O)NCc2cccc(F)c2)c(F)cc1Cl)C1=CC(=C/C)/C(=N\C(=C)N2CCOCC2)NC1=O. The van der Waals surface area contributed by atoms with Gasteiger partial charge in [-0.25, -0.2) is 13.8 Å². The second-order valence-corrected chi connectivity index (χ2v) is 9.37. The molecule has 4 rings (SSSR count). The highest BCUT2D eigenvalue weighted by Gasteiger charge is 2.25. The van der Waals surface area contributed by atoms with Crippen molar-refractivity contribution in [1.82, 2.24) is 15.5 Å². The molecule has 2 amide bonds. The van der Waals surface area contributed by atoms with Crippen LogP contribution < -0.4 is 16.0 Å². The summed E-state index contributed by atoms with van der Waals surface area (Å²) in [6.07, 6.45) is 3.40. The number of amidine groups is 1. The molecule has 0 aromatic heterocycles. The van der Waals surface area contributed by atoms with E-state index in [4.69, 9.17) is 16.3 Å². The highest BCUT2D eigenvalue weighted by atomic mass is 35.5. The van der Waals surface area contributed by atoms with Crippen LogP contribution in [0.25, 0.3) is 0 Å². The molecule has 0 unspecified atom stereocenters. The summed E-state index contributed by atoms with van der Waals surface area (Å²) >= 11 is 6.24. The second-order valence-electron chi connectivity index (χ2n) is 8.96. The van der Waals surface area contributed by atoms with E-state index in [0.717, 1.165) is 6.07 Å². The predicted molar refractivity (Wildman–Crippen MR) is 151 cm³/mol. The minimum Gasteiger partial charge on any atom is -0.378 e. The average Bonchev–Trinajstić information content (AvgIpc) is 2.93. The number of morpholine rings is 1. The normalized spacial score (nSPS) is 17.4. The lowest BCUT2D eigenvalue weighted by Crippen LogP contribution is -2.39. The van der Waals surface area contributed by atoms with Gasteiger partial charge in [0.15, 0.2) is 0 Å². The third-order valence-corrected chi connectivity index (χ3v) is 6.54. The molecule has 2 heterocycles. The predicted octanol–water partition coefficient (Wildman–Crippen LogP) is 4.68. The van der Waals surface area contributed by atoms with E-state index in [-0.39, 0.29) is 34.1 Å². The monoisotopic (exact) mass is 567 g/mol. The van der Waals surface area contributed by atoms with E-state index in [9.17, 15) is 18.4 Å². The molecule has 1 saturated heterocycles. The second kappa shape index (κ2) is 12.7. The van der Waals surface area contributed by atoms with Crippen molar-refractivity contribution in [2.75, 3.05) is 31.6 Å². The van der Waals surface area contributed by atoms with Crippen LogP contribution in [-0.4, -0.2) is 48.9 Å². The van der Waals surface area contributed by atoms with Gasteiger partial charge in [0.25, 0.3) is 11.8 Å². The first-order valence-corrected chi connectivity index (χ1v) is 12.8. The van der Waals surface area contributed by atoms with Gasteiger partial charge in [-0.05, 0) is 42.8 Å². The number of anilines is 1. The number of nitrogens with one attached hydrogen (secondary N) is 3. The molecule has 208 valence electrons. The Morgan fingerprint density at radius 1 is 1.23 bits per heavy atom. The fraction of sp³-hybridized carbons (Fsp3) is 0.207. The molecule has 0 radical (unpaired) electrons. The van der Waals surface area contributed by atoms with Crippen LogP contribution in [0.1, 0.15) is 22.8 Å². The quantitative estimate of drug-likeness (QED) is 0.431. The molecule has 1 fully saturated rings. The first-order valence-electron chi connectivity index (χ1n) is 12.4. The van der Waals surface area contributed by atoms with Crippen molar-refractivity contribution >= 4 is 34.9 Å². The third kappa shape index (κ3) is 6.83. The van der Waals surface area contributed by atoms with Crippen LogP contribution >= 0.6 is 11.6 Å². The Labute approximate surface area is 235 Å². The van der Waals surface area contributed by atoms with Gasteiger partial charge < -0.3 is 25.6 Å². The molecule has 3 N–H and O–H groups in total. The highest BCUT2D eigenvalue weighted by Crippen LogP contribution is 2.29. The van der Waals surface area contributed by atoms with Gasteiger partial charge in [0.1, 0.15) is 23.3 Å². The number of aliphatic imine (C=N–C) groups is 1. The minimum atomic E-state index is -0.843. The van der Waals surface area contributed by atoms with Crippen molar-refractivity contribution < 1.29 is 23.1 Å². The Balaban J connectivity index is 1.49. The largest absolute Gasteiger partial charge is 0.378 e. The molecular formula is C29H28ClF2N5O3. The third-order valence-electron chi connectivity index (χ3n) is 6.23. The molecule has 2 aromatic rings. The van der Waals surface area contributed by atoms with Gasteiger partial charge in [-0.2, -0.15) is 0 Å². The molecule has 0 bridgehead atoms. The summed E-state index contributed by atoms with van der Waals surface area (Å²) in [6.45, 7) is 12.2. The summed E-state index contributed by atoms with van der Waals surface area (Å²) in [7, 11) is 0. The Kier molecular flexibility index (Phi) is 9.13. The maximum absolute atomic E-state index is 14.6. The summed E-state index contributed by atoms with van der Waals surface area (Å²) in [5, 5.41) is 8.21.